The zero-order valence-electron chi connectivity index (χ0n) is 9.96. The van der Waals surface area contributed by atoms with Gasteiger partial charge in [-0.15, -0.1) is 0 Å². The molecular formula is C13H13N3O2. The SMILES string of the molecule is CC(=O)Nc1ncc(OCc2ccccc2)cn1. The van der Waals surface area contributed by atoms with Crippen molar-refractivity contribution in [1.29, 1.82) is 0 Å². The summed E-state index contributed by atoms with van der Waals surface area (Å²) in [6, 6.07) is 9.82. The van der Waals surface area contributed by atoms with Crippen LogP contribution in [0, 0.1) is 0 Å². The Balaban J connectivity index is 1.92. The smallest absolute Gasteiger partial charge is 0.229 e. The third-order valence-electron chi connectivity index (χ3n) is 2.16. The first-order chi connectivity index (χ1) is 8.74. The van der Waals surface area contributed by atoms with Crippen molar-refractivity contribution in [1.82, 2.24) is 9.97 Å². The average Bonchev–Trinajstić information content (AvgIpc) is 2.38. The summed E-state index contributed by atoms with van der Waals surface area (Å²) in [6.45, 7) is 1.87. The lowest BCUT2D eigenvalue weighted by Gasteiger charge is -2.06. The molecular weight excluding hydrogens is 230 g/mol. The highest BCUT2D eigenvalue weighted by atomic mass is 16.5. The summed E-state index contributed by atoms with van der Waals surface area (Å²) in [5, 5.41) is 2.49. The molecule has 2 aromatic rings. The summed E-state index contributed by atoms with van der Waals surface area (Å²) in [6.07, 6.45) is 3.06. The number of rotatable bonds is 4. The van der Waals surface area contributed by atoms with Gasteiger partial charge in [-0.2, -0.15) is 0 Å². The number of aromatic nitrogens is 2. The number of benzene rings is 1. The van der Waals surface area contributed by atoms with E-state index in [-0.39, 0.29) is 11.9 Å². The van der Waals surface area contributed by atoms with Gasteiger partial charge in [-0.1, -0.05) is 30.3 Å². The molecule has 1 aromatic carbocycles. The third-order valence-corrected chi connectivity index (χ3v) is 2.16. The molecule has 1 aromatic heterocycles. The van der Waals surface area contributed by atoms with E-state index < -0.39 is 0 Å². The number of anilines is 1. The summed E-state index contributed by atoms with van der Waals surface area (Å²) in [5.41, 5.74) is 1.07. The Morgan fingerprint density at radius 1 is 1.22 bits per heavy atom. The van der Waals surface area contributed by atoms with Crippen molar-refractivity contribution < 1.29 is 9.53 Å². The molecule has 0 aliphatic carbocycles. The van der Waals surface area contributed by atoms with E-state index in [1.54, 1.807) is 0 Å². The predicted octanol–water partition coefficient (Wildman–Crippen LogP) is 2.01. The van der Waals surface area contributed by atoms with Gasteiger partial charge < -0.3 is 4.74 Å². The molecule has 5 heteroatoms. The van der Waals surface area contributed by atoms with Gasteiger partial charge in [0.1, 0.15) is 6.61 Å². The number of ether oxygens (including phenoxy) is 1. The van der Waals surface area contributed by atoms with Gasteiger partial charge in [-0.05, 0) is 5.56 Å². The highest BCUT2D eigenvalue weighted by Crippen LogP contribution is 2.11. The van der Waals surface area contributed by atoms with Crippen LogP contribution >= 0.6 is 0 Å². The molecule has 1 heterocycles. The minimum absolute atomic E-state index is 0.201. The second kappa shape index (κ2) is 5.77. The second-order valence-electron chi connectivity index (χ2n) is 3.70. The Kier molecular flexibility index (Phi) is 3.86. The van der Waals surface area contributed by atoms with E-state index in [1.165, 1.54) is 19.3 Å². The molecule has 2 rings (SSSR count). The molecule has 0 spiro atoms. The lowest BCUT2D eigenvalue weighted by atomic mass is 10.2. The fourth-order valence-corrected chi connectivity index (χ4v) is 1.35. The fourth-order valence-electron chi connectivity index (χ4n) is 1.35. The lowest BCUT2D eigenvalue weighted by Crippen LogP contribution is -2.09. The van der Waals surface area contributed by atoms with Crippen molar-refractivity contribution in [2.24, 2.45) is 0 Å². The highest BCUT2D eigenvalue weighted by molar-refractivity contribution is 5.86. The van der Waals surface area contributed by atoms with Crippen LogP contribution < -0.4 is 10.1 Å². The van der Waals surface area contributed by atoms with Gasteiger partial charge in [-0.3, -0.25) is 10.1 Å². The Hall–Kier alpha value is -2.43. The van der Waals surface area contributed by atoms with Crippen molar-refractivity contribution in [3.05, 3.63) is 48.3 Å². The molecule has 0 aliphatic heterocycles. The number of carbonyl (C=O) groups is 1. The molecule has 92 valence electrons. The van der Waals surface area contributed by atoms with E-state index in [1.807, 2.05) is 30.3 Å². The largest absolute Gasteiger partial charge is 0.486 e. The number of carbonyl (C=O) groups excluding carboxylic acids is 1. The first kappa shape index (κ1) is 12.0. The third kappa shape index (κ3) is 3.55. The molecule has 0 fully saturated rings. The molecule has 18 heavy (non-hydrogen) atoms. The van der Waals surface area contributed by atoms with Gasteiger partial charge in [0.2, 0.25) is 11.9 Å². The molecule has 0 atom stereocenters. The quantitative estimate of drug-likeness (QED) is 0.892. The minimum atomic E-state index is -0.201. The number of nitrogens with one attached hydrogen (secondary N) is 1. The number of hydrogen-bond donors (Lipinski definition) is 1. The van der Waals surface area contributed by atoms with Crippen molar-refractivity contribution in [2.45, 2.75) is 13.5 Å². The van der Waals surface area contributed by atoms with Crippen LogP contribution in [-0.4, -0.2) is 15.9 Å². The number of nitrogens with zero attached hydrogens (tertiary/aromatic N) is 2. The van der Waals surface area contributed by atoms with Crippen molar-refractivity contribution in [3.8, 4) is 5.75 Å². The maximum atomic E-state index is 10.8. The van der Waals surface area contributed by atoms with Crippen LogP contribution in [0.3, 0.4) is 0 Å². The van der Waals surface area contributed by atoms with Crippen LogP contribution in [0.1, 0.15) is 12.5 Å². The van der Waals surface area contributed by atoms with Crippen molar-refractivity contribution in [2.75, 3.05) is 5.32 Å². The van der Waals surface area contributed by atoms with Crippen molar-refractivity contribution >= 4 is 11.9 Å². The second-order valence-corrected chi connectivity index (χ2v) is 3.70. The van der Waals surface area contributed by atoms with Crippen LogP contribution in [0.15, 0.2) is 42.7 Å². The minimum Gasteiger partial charge on any atom is -0.486 e. The zero-order chi connectivity index (χ0) is 12.8. The topological polar surface area (TPSA) is 64.1 Å². The highest BCUT2D eigenvalue weighted by Gasteiger charge is 2.00. The normalized spacial score (nSPS) is 9.83. The van der Waals surface area contributed by atoms with E-state index >= 15 is 0 Å². The maximum Gasteiger partial charge on any atom is 0.229 e. The van der Waals surface area contributed by atoms with Crippen LogP contribution in [0.25, 0.3) is 0 Å². The Morgan fingerprint density at radius 2 is 1.89 bits per heavy atom. The van der Waals surface area contributed by atoms with Gasteiger partial charge >= 0.3 is 0 Å². The van der Waals surface area contributed by atoms with Gasteiger partial charge in [0.05, 0.1) is 12.4 Å². The van der Waals surface area contributed by atoms with Crippen LogP contribution in [0.4, 0.5) is 5.95 Å². The maximum absolute atomic E-state index is 10.8. The lowest BCUT2D eigenvalue weighted by molar-refractivity contribution is -0.114. The molecule has 0 saturated carbocycles. The number of amides is 1. The summed E-state index contributed by atoms with van der Waals surface area (Å²) in [4.78, 5) is 18.7. The number of hydrogen-bond acceptors (Lipinski definition) is 4. The van der Waals surface area contributed by atoms with Gasteiger partial charge in [0.25, 0.3) is 0 Å². The predicted molar refractivity (Wildman–Crippen MR) is 67.1 cm³/mol. The van der Waals surface area contributed by atoms with E-state index in [4.69, 9.17) is 4.74 Å². The summed E-state index contributed by atoms with van der Waals surface area (Å²) in [7, 11) is 0. The summed E-state index contributed by atoms with van der Waals surface area (Å²) >= 11 is 0. The Bertz CT molecular complexity index is 512. The van der Waals surface area contributed by atoms with E-state index in [0.29, 0.717) is 12.4 Å². The fraction of sp³-hybridized carbons (Fsp3) is 0.154. The molecule has 0 aliphatic rings. The average molecular weight is 243 g/mol. The monoisotopic (exact) mass is 243 g/mol. The standard InChI is InChI=1S/C13H13N3O2/c1-10(17)16-13-14-7-12(8-15-13)18-9-11-5-3-2-4-6-11/h2-8H,9H2,1H3,(H,14,15,16,17). The van der Waals surface area contributed by atoms with E-state index in [2.05, 4.69) is 15.3 Å². The van der Waals surface area contributed by atoms with Crippen LogP contribution in [0.5, 0.6) is 5.75 Å². The van der Waals surface area contributed by atoms with Gasteiger partial charge in [-0.25, -0.2) is 9.97 Å². The zero-order valence-corrected chi connectivity index (χ0v) is 9.96. The Morgan fingerprint density at radius 3 is 2.50 bits per heavy atom. The molecule has 1 amide bonds. The molecule has 5 nitrogen and oxygen atoms in total. The van der Waals surface area contributed by atoms with Crippen LogP contribution in [-0.2, 0) is 11.4 Å². The summed E-state index contributed by atoms with van der Waals surface area (Å²) < 4.78 is 5.51. The Labute approximate surface area is 105 Å². The van der Waals surface area contributed by atoms with Gasteiger partial charge in [0, 0.05) is 6.92 Å². The molecule has 0 bridgehead atoms. The van der Waals surface area contributed by atoms with Gasteiger partial charge in [0.15, 0.2) is 5.75 Å². The van der Waals surface area contributed by atoms with Crippen molar-refractivity contribution in [3.63, 3.8) is 0 Å². The molecule has 0 radical (unpaired) electrons. The first-order valence-electron chi connectivity index (χ1n) is 5.50. The van der Waals surface area contributed by atoms with E-state index in [0.717, 1.165) is 5.56 Å². The van der Waals surface area contributed by atoms with E-state index in [9.17, 15) is 4.79 Å². The molecule has 0 unspecified atom stereocenters. The summed E-state index contributed by atoms with van der Waals surface area (Å²) in [5.74, 6) is 0.635. The van der Waals surface area contributed by atoms with Crippen LogP contribution in [0.2, 0.25) is 0 Å². The molecule has 1 N–H and O–H groups in total. The molecule has 0 saturated heterocycles. The first-order valence-corrected chi connectivity index (χ1v) is 5.50.